The Hall–Kier alpha value is -3.55. The van der Waals surface area contributed by atoms with Gasteiger partial charge in [-0.05, 0) is 17.2 Å². The Morgan fingerprint density at radius 3 is 1.35 bits per heavy atom. The summed E-state index contributed by atoms with van der Waals surface area (Å²) in [6.45, 7) is 0. The first kappa shape index (κ1) is 19.4. The van der Waals surface area contributed by atoms with Crippen molar-refractivity contribution in [3.63, 3.8) is 0 Å². The predicted octanol–water partition coefficient (Wildman–Crippen LogP) is 6.25. The van der Waals surface area contributed by atoms with E-state index in [0.29, 0.717) is 5.44 Å². The highest BCUT2D eigenvalue weighted by atomic mass is 31.2. The van der Waals surface area contributed by atoms with Crippen LogP contribution in [0.2, 0.25) is 0 Å². The van der Waals surface area contributed by atoms with Crippen LogP contribution in [0.4, 0.5) is 0 Å². The third kappa shape index (κ3) is 3.28. The van der Waals surface area contributed by atoms with Crippen LogP contribution < -0.4 is 10.6 Å². The molecule has 0 bridgehead atoms. The van der Waals surface area contributed by atoms with Gasteiger partial charge in [-0.15, -0.1) is 0 Å². The largest absolute Gasteiger partial charge is 0.307 e. The molecule has 4 heteroatoms. The maximum Gasteiger partial charge on any atom is 0.190 e. The molecule has 0 unspecified atom stereocenters. The Morgan fingerprint density at radius 1 is 0.548 bits per heavy atom. The third-order valence-corrected chi connectivity index (χ3v) is 8.55. The Bertz CT molecular complexity index is 1200. The minimum Gasteiger partial charge on any atom is -0.307 e. The van der Waals surface area contributed by atoms with Gasteiger partial charge in [-0.2, -0.15) is 10.2 Å². The Balaban J connectivity index is 1.76. The highest BCUT2D eigenvalue weighted by molar-refractivity contribution is 7.82. The van der Waals surface area contributed by atoms with Crippen LogP contribution >= 0.6 is 7.14 Å². The molecule has 1 aliphatic rings. The maximum atomic E-state index is 14.7. The lowest BCUT2D eigenvalue weighted by Crippen LogP contribution is -2.21. The van der Waals surface area contributed by atoms with Crippen molar-refractivity contribution in [3.05, 3.63) is 144 Å². The van der Waals surface area contributed by atoms with E-state index >= 15 is 0 Å². The molecule has 0 aromatic heterocycles. The number of benzene rings is 4. The molecule has 1 heterocycles. The molecule has 1 aliphatic heterocycles. The standard InChI is InChI=1S/C27H21N2OP/c30-31(24-17-9-3-10-18-24,25-19-11-4-12-20-25)26-21-27(29-28-26,22-13-5-1-6-14-22)23-15-7-2-8-16-23/h1-21H. The molecule has 0 fully saturated rings. The Labute approximate surface area is 182 Å². The lowest BCUT2D eigenvalue weighted by molar-refractivity contribution is 0.590. The van der Waals surface area contributed by atoms with Crippen molar-refractivity contribution in [1.29, 1.82) is 0 Å². The average Bonchev–Trinajstić information content (AvgIpc) is 3.33. The van der Waals surface area contributed by atoms with Gasteiger partial charge in [-0.3, -0.25) is 0 Å². The Kier molecular flexibility index (Phi) is 4.97. The van der Waals surface area contributed by atoms with Gasteiger partial charge in [0.15, 0.2) is 12.7 Å². The first-order valence-electron chi connectivity index (χ1n) is 10.2. The maximum absolute atomic E-state index is 14.7. The molecule has 0 amide bonds. The summed E-state index contributed by atoms with van der Waals surface area (Å²) in [5.41, 5.74) is 1.69. The summed E-state index contributed by atoms with van der Waals surface area (Å²) in [6, 6.07) is 39.3. The van der Waals surface area contributed by atoms with Gasteiger partial charge in [0.05, 0.1) is 0 Å². The van der Waals surface area contributed by atoms with Gasteiger partial charge in [0, 0.05) is 10.6 Å². The van der Waals surface area contributed by atoms with Crippen molar-refractivity contribution in [2.45, 2.75) is 5.54 Å². The normalized spacial score (nSPS) is 14.9. The van der Waals surface area contributed by atoms with Gasteiger partial charge in [0.2, 0.25) is 0 Å². The summed E-state index contributed by atoms with van der Waals surface area (Å²) in [6.07, 6.45) is 1.98. The molecule has 31 heavy (non-hydrogen) atoms. The van der Waals surface area contributed by atoms with Crippen molar-refractivity contribution < 1.29 is 4.57 Å². The first-order valence-corrected chi connectivity index (χ1v) is 11.9. The summed E-state index contributed by atoms with van der Waals surface area (Å²) in [7, 11) is -3.19. The topological polar surface area (TPSA) is 41.8 Å². The van der Waals surface area contributed by atoms with E-state index in [0.717, 1.165) is 21.7 Å². The van der Waals surface area contributed by atoms with E-state index in [1.54, 1.807) is 0 Å². The van der Waals surface area contributed by atoms with E-state index in [1.165, 1.54) is 0 Å². The van der Waals surface area contributed by atoms with Crippen LogP contribution in [0, 0.1) is 0 Å². The van der Waals surface area contributed by atoms with Crippen molar-refractivity contribution in [2.24, 2.45) is 10.2 Å². The molecule has 0 spiro atoms. The molecule has 0 saturated carbocycles. The lowest BCUT2D eigenvalue weighted by atomic mass is 9.84. The zero-order chi connectivity index (χ0) is 21.2. The summed E-state index contributed by atoms with van der Waals surface area (Å²) in [5.74, 6) is 0. The van der Waals surface area contributed by atoms with Crippen molar-refractivity contribution in [3.8, 4) is 0 Å². The van der Waals surface area contributed by atoms with E-state index in [9.17, 15) is 4.57 Å². The van der Waals surface area contributed by atoms with Crippen LogP contribution in [0.3, 0.4) is 0 Å². The van der Waals surface area contributed by atoms with E-state index in [1.807, 2.05) is 127 Å². The minimum absolute atomic E-state index is 0.512. The first-order chi connectivity index (χ1) is 15.2. The molecule has 4 aromatic carbocycles. The highest BCUT2D eigenvalue weighted by Crippen LogP contribution is 2.57. The van der Waals surface area contributed by atoms with Crippen LogP contribution in [-0.4, -0.2) is 0 Å². The van der Waals surface area contributed by atoms with Gasteiger partial charge in [-0.25, -0.2) is 0 Å². The molecule has 0 N–H and O–H groups in total. The molecule has 0 atom stereocenters. The summed E-state index contributed by atoms with van der Waals surface area (Å²) >= 11 is 0. The summed E-state index contributed by atoms with van der Waals surface area (Å²) in [4.78, 5) is 0. The molecule has 0 saturated heterocycles. The second-order valence-corrected chi connectivity index (χ2v) is 10.2. The summed E-state index contributed by atoms with van der Waals surface area (Å²) < 4.78 is 14.7. The molecule has 0 radical (unpaired) electrons. The van der Waals surface area contributed by atoms with Gasteiger partial charge >= 0.3 is 0 Å². The van der Waals surface area contributed by atoms with Crippen molar-refractivity contribution >= 4 is 17.8 Å². The van der Waals surface area contributed by atoms with Gasteiger partial charge < -0.3 is 4.57 Å². The minimum atomic E-state index is -3.19. The van der Waals surface area contributed by atoms with E-state index in [-0.39, 0.29) is 0 Å². The van der Waals surface area contributed by atoms with E-state index < -0.39 is 12.7 Å². The lowest BCUT2D eigenvalue weighted by Gasteiger charge is -2.24. The molecular formula is C27H21N2OP. The zero-order valence-corrected chi connectivity index (χ0v) is 17.8. The smallest absolute Gasteiger partial charge is 0.190 e. The number of hydrogen-bond acceptors (Lipinski definition) is 3. The van der Waals surface area contributed by atoms with Crippen molar-refractivity contribution in [2.75, 3.05) is 0 Å². The number of hydrogen-bond donors (Lipinski definition) is 0. The molecule has 5 rings (SSSR count). The third-order valence-electron chi connectivity index (χ3n) is 5.64. The quantitative estimate of drug-likeness (QED) is 0.352. The number of nitrogens with zero attached hydrogens (tertiary/aromatic N) is 2. The van der Waals surface area contributed by atoms with Crippen molar-refractivity contribution in [1.82, 2.24) is 0 Å². The molecule has 150 valence electrons. The fraction of sp³-hybridized carbons (Fsp3) is 0.0370. The monoisotopic (exact) mass is 420 g/mol. The van der Waals surface area contributed by atoms with E-state index in [4.69, 9.17) is 5.11 Å². The summed E-state index contributed by atoms with van der Waals surface area (Å²) in [5, 5.41) is 10.9. The molecular weight excluding hydrogens is 399 g/mol. The Morgan fingerprint density at radius 2 is 0.935 bits per heavy atom. The fourth-order valence-electron chi connectivity index (χ4n) is 4.05. The van der Waals surface area contributed by atoms with Gasteiger partial charge in [0.1, 0.15) is 5.44 Å². The molecule has 0 aliphatic carbocycles. The second-order valence-electron chi connectivity index (χ2n) is 7.48. The van der Waals surface area contributed by atoms with Gasteiger partial charge in [0.25, 0.3) is 0 Å². The average molecular weight is 420 g/mol. The van der Waals surface area contributed by atoms with Crippen LogP contribution in [0.1, 0.15) is 11.1 Å². The highest BCUT2D eigenvalue weighted by Gasteiger charge is 2.42. The molecule has 4 aromatic rings. The zero-order valence-electron chi connectivity index (χ0n) is 16.9. The fourth-order valence-corrected chi connectivity index (χ4v) is 6.60. The molecule has 3 nitrogen and oxygen atoms in total. The SMILES string of the molecule is O=P(C1=CC(c2ccccc2)(c2ccccc2)N=N1)(c1ccccc1)c1ccccc1. The number of azo groups is 1. The van der Waals surface area contributed by atoms with Crippen LogP contribution in [0.5, 0.6) is 0 Å². The van der Waals surface area contributed by atoms with Crippen LogP contribution in [0.15, 0.2) is 143 Å². The van der Waals surface area contributed by atoms with E-state index in [2.05, 4.69) is 5.11 Å². The second kappa shape index (κ2) is 7.94. The van der Waals surface area contributed by atoms with Crippen LogP contribution in [-0.2, 0) is 10.1 Å². The van der Waals surface area contributed by atoms with Crippen LogP contribution in [0.25, 0.3) is 0 Å². The number of rotatable bonds is 5. The van der Waals surface area contributed by atoms with Gasteiger partial charge in [-0.1, -0.05) is 121 Å². The predicted molar refractivity (Wildman–Crippen MR) is 126 cm³/mol.